The van der Waals surface area contributed by atoms with Gasteiger partial charge in [-0.2, -0.15) is 9.67 Å². The average Bonchev–Trinajstić information content (AvgIpc) is 3.46. The first-order chi connectivity index (χ1) is 17.1. The van der Waals surface area contributed by atoms with E-state index in [0.29, 0.717) is 37.2 Å². The van der Waals surface area contributed by atoms with E-state index in [-0.39, 0.29) is 48.7 Å². The van der Waals surface area contributed by atoms with Gasteiger partial charge in [0.2, 0.25) is 17.8 Å². The molecule has 4 heterocycles. The number of ether oxygens (including phenoxy) is 2. The number of morpholine rings is 1. The summed E-state index contributed by atoms with van der Waals surface area (Å²) in [5.41, 5.74) is -0.867. The van der Waals surface area contributed by atoms with Gasteiger partial charge in [0.05, 0.1) is 36.1 Å². The van der Waals surface area contributed by atoms with Gasteiger partial charge >= 0.3 is 0 Å². The molecule has 2 fully saturated rings. The first kappa shape index (κ1) is 26.5. The number of carbonyl (C=O) groups is 3. The number of carbonyl (C=O) groups excluding carboxylic acids is 3. The van der Waals surface area contributed by atoms with E-state index in [1.807, 2.05) is 13.0 Å². The molecule has 2 aliphatic rings. The molecule has 0 spiro atoms. The Labute approximate surface area is 218 Å². The zero-order valence-electron chi connectivity index (χ0n) is 20.8. The third-order valence-electron chi connectivity index (χ3n) is 6.42. The lowest BCUT2D eigenvalue weighted by molar-refractivity contribution is -0.156. The highest BCUT2D eigenvalue weighted by molar-refractivity contribution is 7.16. The summed E-state index contributed by atoms with van der Waals surface area (Å²) >= 11 is 7.45. The van der Waals surface area contributed by atoms with Crippen LogP contribution in [-0.2, 0) is 25.6 Å². The minimum Gasteiger partial charge on any atom is -0.384 e. The molecule has 11 nitrogen and oxygen atoms in total. The van der Waals surface area contributed by atoms with Crippen molar-refractivity contribution in [2.24, 2.45) is 5.41 Å². The number of amides is 2. The van der Waals surface area contributed by atoms with E-state index < -0.39 is 11.3 Å². The fraction of sp³-hybridized carbons (Fsp3) is 0.609. The number of hydrogen-bond acceptors (Lipinski definition) is 9. The van der Waals surface area contributed by atoms with Gasteiger partial charge in [0.25, 0.3) is 5.91 Å². The summed E-state index contributed by atoms with van der Waals surface area (Å²) in [7, 11) is 1.53. The summed E-state index contributed by atoms with van der Waals surface area (Å²) in [5.74, 6) is -0.805. The average molecular weight is 539 g/mol. The van der Waals surface area contributed by atoms with Crippen LogP contribution in [-0.4, -0.2) is 94.9 Å². The molecular weight excluding hydrogens is 508 g/mol. The Hall–Kier alpha value is -2.54. The first-order valence-electron chi connectivity index (χ1n) is 11.8. The Morgan fingerprint density at radius 1 is 1.31 bits per heavy atom. The SMILES string of the molecule is COCC(C)(C)C(=O)n1nc(C2C(=O)N(CC(=O)N3CCOCC3)C2C)nc1NCc1ccc(Cl)s1. The molecule has 2 atom stereocenters. The third kappa shape index (κ3) is 5.41. The smallest absolute Gasteiger partial charge is 0.258 e. The highest BCUT2D eigenvalue weighted by atomic mass is 35.5. The summed E-state index contributed by atoms with van der Waals surface area (Å²) < 4.78 is 12.4. The van der Waals surface area contributed by atoms with Gasteiger partial charge in [-0.3, -0.25) is 14.4 Å². The molecule has 36 heavy (non-hydrogen) atoms. The zero-order valence-corrected chi connectivity index (χ0v) is 22.4. The van der Waals surface area contributed by atoms with E-state index in [1.54, 1.807) is 24.8 Å². The molecule has 2 amide bonds. The highest BCUT2D eigenvalue weighted by Gasteiger charge is 2.49. The van der Waals surface area contributed by atoms with Crippen molar-refractivity contribution >= 4 is 46.6 Å². The van der Waals surface area contributed by atoms with Crippen LogP contribution in [0.3, 0.4) is 0 Å². The van der Waals surface area contributed by atoms with Crippen LogP contribution in [0.4, 0.5) is 5.95 Å². The van der Waals surface area contributed by atoms with Crippen LogP contribution in [0.25, 0.3) is 0 Å². The quantitative estimate of drug-likeness (QED) is 0.482. The normalized spacial score (nSPS) is 20.4. The van der Waals surface area contributed by atoms with Crippen molar-refractivity contribution in [3.63, 3.8) is 0 Å². The lowest BCUT2D eigenvalue weighted by Crippen LogP contribution is -2.61. The fourth-order valence-electron chi connectivity index (χ4n) is 4.33. The van der Waals surface area contributed by atoms with Gasteiger partial charge in [-0.1, -0.05) is 11.6 Å². The summed E-state index contributed by atoms with van der Waals surface area (Å²) in [5, 5.41) is 7.62. The molecule has 0 bridgehead atoms. The van der Waals surface area contributed by atoms with Crippen LogP contribution in [0, 0.1) is 5.41 Å². The molecule has 2 aromatic rings. The van der Waals surface area contributed by atoms with E-state index >= 15 is 0 Å². The molecule has 4 rings (SSSR count). The number of nitrogens with one attached hydrogen (secondary N) is 1. The minimum absolute atomic E-state index is 0.00124. The molecule has 0 saturated carbocycles. The predicted octanol–water partition coefficient (Wildman–Crippen LogP) is 2.09. The van der Waals surface area contributed by atoms with Crippen LogP contribution in [0.5, 0.6) is 0 Å². The number of hydrogen-bond donors (Lipinski definition) is 1. The van der Waals surface area contributed by atoms with E-state index in [0.717, 1.165) is 4.88 Å². The van der Waals surface area contributed by atoms with Crippen molar-refractivity contribution in [3.05, 3.63) is 27.2 Å². The van der Waals surface area contributed by atoms with Crippen molar-refractivity contribution in [1.29, 1.82) is 0 Å². The number of rotatable bonds is 9. The Bertz CT molecular complexity index is 1130. The highest BCUT2D eigenvalue weighted by Crippen LogP contribution is 2.35. The maximum atomic E-state index is 13.3. The Balaban J connectivity index is 1.52. The van der Waals surface area contributed by atoms with Crippen molar-refractivity contribution in [2.75, 3.05) is 51.9 Å². The molecule has 2 saturated heterocycles. The Morgan fingerprint density at radius 2 is 2.03 bits per heavy atom. The topological polar surface area (TPSA) is 119 Å². The maximum absolute atomic E-state index is 13.3. The van der Waals surface area contributed by atoms with Crippen LogP contribution in [0.15, 0.2) is 12.1 Å². The van der Waals surface area contributed by atoms with Crippen LogP contribution in [0.1, 0.15) is 42.2 Å². The monoisotopic (exact) mass is 538 g/mol. The molecule has 0 aliphatic carbocycles. The number of nitrogens with zero attached hydrogens (tertiary/aromatic N) is 5. The van der Waals surface area contributed by atoms with Crippen LogP contribution >= 0.6 is 22.9 Å². The second-order valence-electron chi connectivity index (χ2n) is 9.56. The molecule has 1 N–H and O–H groups in total. The van der Waals surface area contributed by atoms with Gasteiger partial charge in [0, 0.05) is 31.1 Å². The van der Waals surface area contributed by atoms with Gasteiger partial charge in [-0.25, -0.2) is 0 Å². The fourth-order valence-corrected chi connectivity index (χ4v) is 5.36. The zero-order chi connectivity index (χ0) is 26.0. The minimum atomic E-state index is -0.867. The van der Waals surface area contributed by atoms with Crippen LogP contribution in [0.2, 0.25) is 4.34 Å². The molecule has 0 radical (unpaired) electrons. The summed E-state index contributed by atoms with van der Waals surface area (Å²) in [6.45, 7) is 8.01. The van der Waals surface area contributed by atoms with Gasteiger partial charge < -0.3 is 24.6 Å². The summed E-state index contributed by atoms with van der Waals surface area (Å²) in [6.07, 6.45) is 0. The number of aromatic nitrogens is 3. The maximum Gasteiger partial charge on any atom is 0.258 e. The molecule has 2 aliphatic heterocycles. The summed E-state index contributed by atoms with van der Waals surface area (Å²) in [4.78, 5) is 47.8. The van der Waals surface area contributed by atoms with Crippen molar-refractivity contribution in [2.45, 2.75) is 39.3 Å². The van der Waals surface area contributed by atoms with Crippen molar-refractivity contribution in [1.82, 2.24) is 24.6 Å². The third-order valence-corrected chi connectivity index (χ3v) is 7.65. The lowest BCUT2D eigenvalue weighted by atomic mass is 9.88. The lowest BCUT2D eigenvalue weighted by Gasteiger charge is -2.44. The van der Waals surface area contributed by atoms with Gasteiger partial charge in [0.15, 0.2) is 5.82 Å². The molecular formula is C23H31ClN6O5S. The number of thiophene rings is 1. The van der Waals surface area contributed by atoms with E-state index in [1.165, 1.54) is 28.0 Å². The molecule has 2 aromatic heterocycles. The van der Waals surface area contributed by atoms with Crippen molar-refractivity contribution in [3.8, 4) is 0 Å². The number of anilines is 1. The summed E-state index contributed by atoms with van der Waals surface area (Å²) in [6, 6.07) is 3.40. The molecule has 0 aromatic carbocycles. The Morgan fingerprint density at radius 3 is 2.64 bits per heavy atom. The van der Waals surface area contributed by atoms with E-state index in [9.17, 15) is 14.4 Å². The number of halogens is 1. The molecule has 196 valence electrons. The first-order valence-corrected chi connectivity index (χ1v) is 13.0. The van der Waals surface area contributed by atoms with Crippen LogP contribution < -0.4 is 5.32 Å². The van der Waals surface area contributed by atoms with Gasteiger partial charge in [-0.05, 0) is 32.9 Å². The standard InChI is InChI=1S/C23H31ClN6O5S/c1-14-18(20(32)29(14)12-17(31)28-7-9-35-10-8-28)19-26-22(25-11-15-5-6-16(24)36-15)30(27-19)21(33)23(2,3)13-34-4/h5-6,14,18H,7-13H2,1-4H3,(H,25,26,27). The molecule has 2 unspecified atom stereocenters. The number of β-lactam (4-membered cyclic amide) rings is 1. The molecule has 13 heteroatoms. The second-order valence-corrected chi connectivity index (χ2v) is 11.4. The van der Waals surface area contributed by atoms with Gasteiger partial charge in [0.1, 0.15) is 12.5 Å². The van der Waals surface area contributed by atoms with E-state index in [2.05, 4.69) is 15.4 Å². The predicted molar refractivity (Wildman–Crippen MR) is 134 cm³/mol. The number of methoxy groups -OCH3 is 1. The van der Waals surface area contributed by atoms with E-state index in [4.69, 9.17) is 21.1 Å². The Kier molecular flexibility index (Phi) is 7.98. The van der Waals surface area contributed by atoms with Gasteiger partial charge in [-0.15, -0.1) is 16.4 Å². The largest absolute Gasteiger partial charge is 0.384 e. The second kappa shape index (κ2) is 10.8. The van der Waals surface area contributed by atoms with Crippen molar-refractivity contribution < 1.29 is 23.9 Å². The number of likely N-dealkylation sites (tertiary alicyclic amines) is 1.